The molecule has 0 radical (unpaired) electrons. The Morgan fingerprint density at radius 3 is 2.73 bits per heavy atom. The number of rotatable bonds is 4. The Morgan fingerprint density at radius 2 is 1.95 bits per heavy atom. The number of carbonyl (C=O) groups excluding carboxylic acids is 1. The van der Waals surface area contributed by atoms with Gasteiger partial charge in [0.1, 0.15) is 0 Å². The third kappa shape index (κ3) is 2.64. The maximum Gasteiger partial charge on any atom is 0.229 e. The number of carbonyl (C=O) groups is 1. The van der Waals surface area contributed by atoms with Gasteiger partial charge in [-0.3, -0.25) is 9.69 Å². The van der Waals surface area contributed by atoms with Gasteiger partial charge in [-0.05, 0) is 45.1 Å². The minimum Gasteiger partial charge on any atom is -0.339 e. The van der Waals surface area contributed by atoms with Crippen LogP contribution in [0.25, 0.3) is 0 Å². The molecule has 6 heteroatoms. The minimum atomic E-state index is 0.213. The second-order valence-electron chi connectivity index (χ2n) is 6.93. The van der Waals surface area contributed by atoms with Gasteiger partial charge in [-0.1, -0.05) is 5.16 Å². The summed E-state index contributed by atoms with van der Waals surface area (Å²) < 4.78 is 5.37. The van der Waals surface area contributed by atoms with Gasteiger partial charge >= 0.3 is 0 Å². The molecule has 2 aliphatic heterocycles. The highest BCUT2D eigenvalue weighted by Crippen LogP contribution is 2.39. The van der Waals surface area contributed by atoms with Gasteiger partial charge in [-0.15, -0.1) is 0 Å². The Kier molecular flexibility index (Phi) is 3.64. The van der Waals surface area contributed by atoms with Gasteiger partial charge in [-0.25, -0.2) is 0 Å². The van der Waals surface area contributed by atoms with Crippen molar-refractivity contribution in [2.24, 2.45) is 0 Å². The molecule has 2 saturated heterocycles. The maximum absolute atomic E-state index is 11.8. The lowest BCUT2D eigenvalue weighted by Crippen LogP contribution is -2.47. The molecule has 6 nitrogen and oxygen atoms in total. The van der Waals surface area contributed by atoms with Crippen LogP contribution in [-0.2, 0) is 11.3 Å². The van der Waals surface area contributed by atoms with Crippen molar-refractivity contribution in [3.8, 4) is 0 Å². The molecular weight excluding hydrogens is 280 g/mol. The van der Waals surface area contributed by atoms with Gasteiger partial charge in [0.2, 0.25) is 11.8 Å². The fourth-order valence-electron chi connectivity index (χ4n) is 4.08. The first kappa shape index (κ1) is 14.2. The van der Waals surface area contributed by atoms with Crippen molar-refractivity contribution < 1.29 is 9.32 Å². The fourth-order valence-corrected chi connectivity index (χ4v) is 4.08. The summed E-state index contributed by atoms with van der Waals surface area (Å²) in [6, 6.07) is 0.823. The van der Waals surface area contributed by atoms with Crippen molar-refractivity contribution in [2.45, 2.75) is 70.0 Å². The van der Waals surface area contributed by atoms with E-state index in [9.17, 15) is 4.79 Å². The van der Waals surface area contributed by atoms with Crippen LogP contribution in [0.1, 0.15) is 63.1 Å². The van der Waals surface area contributed by atoms with Crippen LogP contribution in [0.15, 0.2) is 4.52 Å². The SMILES string of the molecule is CC(=O)N1CCC[C@@H]1[C@H]1CCCN1Cc1noc(C2CC2)n1. The summed E-state index contributed by atoms with van der Waals surface area (Å²) in [6.07, 6.45) is 6.98. The van der Waals surface area contributed by atoms with E-state index in [4.69, 9.17) is 4.52 Å². The number of hydrogen-bond donors (Lipinski definition) is 0. The molecule has 0 spiro atoms. The summed E-state index contributed by atoms with van der Waals surface area (Å²) in [5, 5.41) is 4.15. The number of hydrogen-bond acceptors (Lipinski definition) is 5. The highest BCUT2D eigenvalue weighted by atomic mass is 16.5. The molecule has 1 saturated carbocycles. The Hall–Kier alpha value is -1.43. The molecule has 1 aromatic heterocycles. The minimum absolute atomic E-state index is 0.213. The maximum atomic E-state index is 11.8. The first-order valence-corrected chi connectivity index (χ1v) is 8.56. The largest absolute Gasteiger partial charge is 0.339 e. The molecule has 0 aromatic carbocycles. The lowest BCUT2D eigenvalue weighted by atomic mass is 10.0. The van der Waals surface area contributed by atoms with Gasteiger partial charge < -0.3 is 9.42 Å². The Balaban J connectivity index is 1.44. The number of likely N-dealkylation sites (tertiary alicyclic amines) is 2. The molecule has 2 atom stereocenters. The average Bonchev–Trinajstić information content (AvgIpc) is 2.94. The van der Waals surface area contributed by atoms with E-state index >= 15 is 0 Å². The average molecular weight is 304 g/mol. The molecular formula is C16H24N4O2. The molecule has 0 unspecified atom stereocenters. The monoisotopic (exact) mass is 304 g/mol. The zero-order chi connectivity index (χ0) is 15.1. The van der Waals surface area contributed by atoms with Crippen molar-refractivity contribution in [2.75, 3.05) is 13.1 Å². The molecule has 120 valence electrons. The van der Waals surface area contributed by atoms with Crippen molar-refractivity contribution in [1.29, 1.82) is 0 Å². The van der Waals surface area contributed by atoms with Crippen LogP contribution >= 0.6 is 0 Å². The summed E-state index contributed by atoms with van der Waals surface area (Å²) in [7, 11) is 0. The van der Waals surface area contributed by atoms with Crippen LogP contribution in [-0.4, -0.2) is 51.0 Å². The third-order valence-corrected chi connectivity index (χ3v) is 5.32. The molecule has 22 heavy (non-hydrogen) atoms. The predicted molar refractivity (Wildman–Crippen MR) is 80.1 cm³/mol. The second kappa shape index (κ2) is 5.65. The van der Waals surface area contributed by atoms with E-state index in [0.29, 0.717) is 18.0 Å². The van der Waals surface area contributed by atoms with Crippen LogP contribution in [0.5, 0.6) is 0 Å². The molecule has 4 rings (SSSR count). The summed E-state index contributed by atoms with van der Waals surface area (Å²) in [5.41, 5.74) is 0. The zero-order valence-corrected chi connectivity index (χ0v) is 13.2. The van der Waals surface area contributed by atoms with E-state index in [-0.39, 0.29) is 5.91 Å². The van der Waals surface area contributed by atoms with Gasteiger partial charge in [0.05, 0.1) is 6.54 Å². The second-order valence-corrected chi connectivity index (χ2v) is 6.93. The van der Waals surface area contributed by atoms with Crippen LogP contribution in [0, 0.1) is 0 Å². The first-order chi connectivity index (χ1) is 10.7. The molecule has 3 heterocycles. The lowest BCUT2D eigenvalue weighted by Gasteiger charge is -2.34. The van der Waals surface area contributed by atoms with Gasteiger partial charge in [0.15, 0.2) is 5.82 Å². The zero-order valence-electron chi connectivity index (χ0n) is 13.2. The Bertz CT molecular complexity index is 554. The van der Waals surface area contributed by atoms with Crippen LogP contribution in [0.4, 0.5) is 0 Å². The van der Waals surface area contributed by atoms with Gasteiger partial charge in [0, 0.05) is 31.5 Å². The van der Waals surface area contributed by atoms with Crippen LogP contribution in [0.2, 0.25) is 0 Å². The molecule has 0 N–H and O–H groups in total. The van der Waals surface area contributed by atoms with E-state index in [1.54, 1.807) is 6.92 Å². The molecule has 0 bridgehead atoms. The van der Waals surface area contributed by atoms with Gasteiger partial charge in [0.25, 0.3) is 0 Å². The summed E-state index contributed by atoms with van der Waals surface area (Å²) in [6.45, 7) is 4.43. The van der Waals surface area contributed by atoms with Crippen molar-refractivity contribution in [3.63, 3.8) is 0 Å². The van der Waals surface area contributed by atoms with Crippen LogP contribution < -0.4 is 0 Å². The van der Waals surface area contributed by atoms with E-state index in [0.717, 1.165) is 44.2 Å². The summed E-state index contributed by atoms with van der Waals surface area (Å²) >= 11 is 0. The number of aromatic nitrogens is 2. The molecule has 1 amide bonds. The Labute approximate surface area is 130 Å². The molecule has 3 aliphatic rings. The summed E-state index contributed by atoms with van der Waals surface area (Å²) in [5.74, 6) is 2.35. The van der Waals surface area contributed by atoms with Crippen molar-refractivity contribution in [1.82, 2.24) is 19.9 Å². The molecule has 3 fully saturated rings. The highest BCUT2D eigenvalue weighted by molar-refractivity contribution is 5.74. The van der Waals surface area contributed by atoms with E-state index in [2.05, 4.69) is 19.9 Å². The molecule has 1 aromatic rings. The predicted octanol–water partition coefficient (Wildman–Crippen LogP) is 1.92. The number of nitrogens with zero attached hydrogens (tertiary/aromatic N) is 4. The van der Waals surface area contributed by atoms with E-state index in [1.165, 1.54) is 25.7 Å². The first-order valence-electron chi connectivity index (χ1n) is 8.56. The van der Waals surface area contributed by atoms with Crippen molar-refractivity contribution >= 4 is 5.91 Å². The lowest BCUT2D eigenvalue weighted by molar-refractivity contribution is -0.130. The standard InChI is InChI=1S/C16H24N4O2/c1-11(21)20-9-3-5-14(20)13-4-2-8-19(13)10-15-17-16(22-18-15)12-6-7-12/h12-14H,2-10H2,1H3/t13-,14-/m1/s1. The Morgan fingerprint density at radius 1 is 1.18 bits per heavy atom. The number of amides is 1. The van der Waals surface area contributed by atoms with Crippen LogP contribution in [0.3, 0.4) is 0 Å². The highest BCUT2D eigenvalue weighted by Gasteiger charge is 2.39. The summed E-state index contributed by atoms with van der Waals surface area (Å²) in [4.78, 5) is 20.9. The topological polar surface area (TPSA) is 62.5 Å². The van der Waals surface area contributed by atoms with Gasteiger partial charge in [-0.2, -0.15) is 4.98 Å². The fraction of sp³-hybridized carbons (Fsp3) is 0.812. The van der Waals surface area contributed by atoms with E-state index < -0.39 is 0 Å². The smallest absolute Gasteiger partial charge is 0.229 e. The van der Waals surface area contributed by atoms with Crippen molar-refractivity contribution in [3.05, 3.63) is 11.7 Å². The van der Waals surface area contributed by atoms with E-state index in [1.807, 2.05) is 0 Å². The molecule has 1 aliphatic carbocycles. The normalized spacial score (nSPS) is 29.4. The quantitative estimate of drug-likeness (QED) is 0.850. The third-order valence-electron chi connectivity index (χ3n) is 5.32.